The van der Waals surface area contributed by atoms with Crippen LogP contribution < -0.4 is 14.8 Å². The van der Waals surface area contributed by atoms with Gasteiger partial charge in [-0.3, -0.25) is 15.0 Å². The second-order valence-corrected chi connectivity index (χ2v) is 11.3. The van der Waals surface area contributed by atoms with Crippen LogP contribution in [0.1, 0.15) is 45.6 Å². The molecule has 3 rings (SSSR count). The quantitative estimate of drug-likeness (QED) is 0.377. The highest BCUT2D eigenvalue weighted by molar-refractivity contribution is 7.89. The number of imide groups is 1. The number of carbonyl (C=O) groups excluding carboxylic acids is 2. The molecule has 3 amide bonds. The maximum Gasteiger partial charge on any atom is 0.326 e. The van der Waals surface area contributed by atoms with Crippen LogP contribution in [0.25, 0.3) is 0 Å². The molecule has 1 heterocycles. The summed E-state index contributed by atoms with van der Waals surface area (Å²) in [6.07, 6.45) is 1.45. The first-order valence-corrected chi connectivity index (χ1v) is 12.2. The molecule has 9 nitrogen and oxygen atoms in total. The largest absolute Gasteiger partial charge is 0.490 e. The van der Waals surface area contributed by atoms with E-state index in [2.05, 4.69) is 10.0 Å². The summed E-state index contributed by atoms with van der Waals surface area (Å²) in [6.45, 7) is 6.24. The van der Waals surface area contributed by atoms with Crippen molar-refractivity contribution >= 4 is 22.0 Å². The summed E-state index contributed by atoms with van der Waals surface area (Å²) in [4.78, 5) is 23.7. The number of nitrogens with one attached hydrogen (secondary N) is 2. The van der Waals surface area contributed by atoms with Crippen molar-refractivity contribution in [2.45, 2.75) is 45.6 Å². The van der Waals surface area contributed by atoms with Crippen LogP contribution in [0, 0.1) is 11.2 Å². The molecule has 2 fully saturated rings. The lowest BCUT2D eigenvalue weighted by Gasteiger charge is -2.22. The molecule has 1 aromatic carbocycles. The van der Waals surface area contributed by atoms with Crippen molar-refractivity contribution in [1.82, 2.24) is 14.9 Å². The minimum Gasteiger partial charge on any atom is -0.490 e. The molecule has 2 N–H and O–H groups in total. The Morgan fingerprint density at radius 2 is 1.97 bits per heavy atom. The van der Waals surface area contributed by atoms with Crippen LogP contribution >= 0.6 is 0 Å². The Hall–Kier alpha value is -2.24. The molecular weight excluding hydrogens is 441 g/mol. The van der Waals surface area contributed by atoms with Crippen molar-refractivity contribution < 1.29 is 31.9 Å². The SMILES string of the molecule is CC(C)(C)COc1cc(C2(NS(=O)(=O)CCCOCN3CC(=O)NC3=O)CC2)ccc1F. The number of amides is 3. The van der Waals surface area contributed by atoms with Crippen molar-refractivity contribution in [2.75, 3.05) is 32.2 Å². The molecule has 0 bridgehead atoms. The minimum absolute atomic E-state index is 0.0691. The van der Waals surface area contributed by atoms with Crippen LogP contribution in [0.3, 0.4) is 0 Å². The fourth-order valence-corrected chi connectivity index (χ4v) is 4.76. The summed E-state index contributed by atoms with van der Waals surface area (Å²) < 4.78 is 53.0. The molecular formula is C21H30FN3O6S. The maximum absolute atomic E-state index is 14.2. The fourth-order valence-electron chi connectivity index (χ4n) is 3.24. The summed E-state index contributed by atoms with van der Waals surface area (Å²) in [5.41, 5.74) is -0.217. The molecule has 0 spiro atoms. The first-order chi connectivity index (χ1) is 14.9. The Kier molecular flexibility index (Phi) is 7.11. The van der Waals surface area contributed by atoms with Crippen molar-refractivity contribution in [3.05, 3.63) is 29.6 Å². The summed E-state index contributed by atoms with van der Waals surface area (Å²) in [5.74, 6) is -0.926. The Balaban J connectivity index is 1.51. The van der Waals surface area contributed by atoms with Crippen LogP contribution in [-0.2, 0) is 25.1 Å². The third kappa shape index (κ3) is 6.63. The predicted octanol–water partition coefficient (Wildman–Crippen LogP) is 2.08. The smallest absolute Gasteiger partial charge is 0.326 e. The molecule has 1 aliphatic heterocycles. The molecule has 178 valence electrons. The zero-order chi connectivity index (χ0) is 23.6. The number of nitrogens with zero attached hydrogens (tertiary/aromatic N) is 1. The van der Waals surface area contributed by atoms with E-state index >= 15 is 0 Å². The molecule has 1 saturated carbocycles. The Labute approximate surface area is 187 Å². The predicted molar refractivity (Wildman–Crippen MR) is 115 cm³/mol. The van der Waals surface area contributed by atoms with Gasteiger partial charge in [-0.2, -0.15) is 0 Å². The van der Waals surface area contributed by atoms with E-state index in [4.69, 9.17) is 9.47 Å². The molecule has 1 aromatic rings. The standard InChI is InChI=1S/C21H30FN3O6S/c1-20(2,3)13-31-17-11-15(5-6-16(17)22)21(7-8-21)24-32(28,29)10-4-9-30-14-25-12-18(26)23-19(25)27/h5-6,11,24H,4,7-10,12-14H2,1-3H3,(H,23,26,27). The minimum atomic E-state index is -3.61. The average molecular weight is 472 g/mol. The number of hydrogen-bond donors (Lipinski definition) is 2. The first kappa shape index (κ1) is 24.4. The Morgan fingerprint density at radius 3 is 2.56 bits per heavy atom. The molecule has 0 unspecified atom stereocenters. The number of hydrogen-bond acceptors (Lipinski definition) is 6. The lowest BCUT2D eigenvalue weighted by Crippen LogP contribution is -2.37. The van der Waals surface area contributed by atoms with Gasteiger partial charge in [0.2, 0.25) is 15.9 Å². The van der Waals surface area contributed by atoms with Crippen LogP contribution in [0.2, 0.25) is 0 Å². The van der Waals surface area contributed by atoms with E-state index in [1.54, 1.807) is 12.1 Å². The molecule has 0 atom stereocenters. The topological polar surface area (TPSA) is 114 Å². The zero-order valence-corrected chi connectivity index (χ0v) is 19.4. The van der Waals surface area contributed by atoms with E-state index < -0.39 is 33.3 Å². The Bertz CT molecular complexity index is 972. The second-order valence-electron chi connectivity index (χ2n) is 9.44. The molecule has 1 aliphatic carbocycles. The number of halogens is 1. The van der Waals surface area contributed by atoms with Crippen molar-refractivity contribution in [2.24, 2.45) is 5.41 Å². The molecule has 32 heavy (non-hydrogen) atoms. The lowest BCUT2D eigenvalue weighted by atomic mass is 9.98. The van der Waals surface area contributed by atoms with E-state index in [1.807, 2.05) is 20.8 Å². The average Bonchev–Trinajstić information content (AvgIpc) is 3.37. The number of sulfonamides is 1. The highest BCUT2D eigenvalue weighted by Gasteiger charge is 2.47. The summed E-state index contributed by atoms with van der Waals surface area (Å²) >= 11 is 0. The van der Waals surface area contributed by atoms with Gasteiger partial charge in [0.15, 0.2) is 11.6 Å². The van der Waals surface area contributed by atoms with Gasteiger partial charge in [0, 0.05) is 6.61 Å². The van der Waals surface area contributed by atoms with Gasteiger partial charge in [0.05, 0.1) is 17.9 Å². The van der Waals surface area contributed by atoms with Crippen LogP contribution in [0.15, 0.2) is 18.2 Å². The first-order valence-electron chi connectivity index (χ1n) is 10.5. The van der Waals surface area contributed by atoms with Gasteiger partial charge in [-0.15, -0.1) is 0 Å². The van der Waals surface area contributed by atoms with Gasteiger partial charge in [-0.05, 0) is 42.4 Å². The van der Waals surface area contributed by atoms with Gasteiger partial charge in [-0.1, -0.05) is 26.8 Å². The van der Waals surface area contributed by atoms with Crippen molar-refractivity contribution in [3.8, 4) is 5.75 Å². The fraction of sp³-hybridized carbons (Fsp3) is 0.619. The molecule has 0 radical (unpaired) electrons. The van der Waals surface area contributed by atoms with Crippen LogP contribution in [0.4, 0.5) is 9.18 Å². The second kappa shape index (κ2) is 9.32. The van der Waals surface area contributed by atoms with Crippen molar-refractivity contribution in [1.29, 1.82) is 0 Å². The monoisotopic (exact) mass is 471 g/mol. The molecule has 11 heteroatoms. The summed E-state index contributed by atoms with van der Waals surface area (Å²) in [6, 6.07) is 3.93. The number of carbonyl (C=O) groups is 2. The summed E-state index contributed by atoms with van der Waals surface area (Å²) in [7, 11) is -3.61. The zero-order valence-electron chi connectivity index (χ0n) is 18.6. The third-order valence-corrected chi connectivity index (χ3v) is 6.59. The maximum atomic E-state index is 14.2. The molecule has 0 aromatic heterocycles. The van der Waals surface area contributed by atoms with E-state index in [0.29, 0.717) is 25.0 Å². The summed E-state index contributed by atoms with van der Waals surface area (Å²) in [5, 5.41) is 2.13. The van der Waals surface area contributed by atoms with Gasteiger partial charge < -0.3 is 9.47 Å². The normalized spacial score (nSPS) is 18.1. The van der Waals surface area contributed by atoms with Gasteiger partial charge in [-0.25, -0.2) is 22.3 Å². The number of rotatable bonds is 11. The van der Waals surface area contributed by atoms with Gasteiger partial charge >= 0.3 is 6.03 Å². The van der Waals surface area contributed by atoms with E-state index in [1.165, 1.54) is 11.0 Å². The van der Waals surface area contributed by atoms with Gasteiger partial charge in [0.25, 0.3) is 0 Å². The number of ether oxygens (including phenoxy) is 2. The third-order valence-electron chi connectivity index (χ3n) is 5.06. The highest BCUT2D eigenvalue weighted by Crippen LogP contribution is 2.47. The van der Waals surface area contributed by atoms with Crippen LogP contribution in [0.5, 0.6) is 5.75 Å². The highest BCUT2D eigenvalue weighted by atomic mass is 32.2. The molecule has 2 aliphatic rings. The van der Waals surface area contributed by atoms with E-state index in [0.717, 1.165) is 0 Å². The Morgan fingerprint density at radius 1 is 1.25 bits per heavy atom. The number of urea groups is 1. The van der Waals surface area contributed by atoms with E-state index in [9.17, 15) is 22.4 Å². The van der Waals surface area contributed by atoms with E-state index in [-0.39, 0.29) is 43.2 Å². The lowest BCUT2D eigenvalue weighted by molar-refractivity contribution is -0.118. The molecule has 1 saturated heterocycles. The van der Waals surface area contributed by atoms with Crippen molar-refractivity contribution in [3.63, 3.8) is 0 Å². The number of benzene rings is 1. The van der Waals surface area contributed by atoms with Crippen LogP contribution in [-0.4, -0.2) is 57.5 Å². The van der Waals surface area contributed by atoms with Gasteiger partial charge in [0.1, 0.15) is 13.3 Å².